The van der Waals surface area contributed by atoms with Crippen LogP contribution in [-0.4, -0.2) is 40.5 Å². The van der Waals surface area contributed by atoms with Crippen molar-refractivity contribution in [2.24, 2.45) is 0 Å². The van der Waals surface area contributed by atoms with Crippen molar-refractivity contribution in [1.29, 1.82) is 0 Å². The minimum Gasteiger partial charge on any atom is -0.481 e. The number of aromatic nitrogens is 2. The van der Waals surface area contributed by atoms with Gasteiger partial charge in [0.2, 0.25) is 0 Å². The molecule has 0 spiro atoms. The summed E-state index contributed by atoms with van der Waals surface area (Å²) >= 11 is 1.41. The average Bonchev–Trinajstić information content (AvgIpc) is 2.39. The third kappa shape index (κ3) is 2.28. The molecule has 0 atom stereocenters. The minimum atomic E-state index is -0.911. The Hall–Kier alpha value is -1.14. The normalized spacial score (nSPS) is 18.9. The van der Waals surface area contributed by atoms with E-state index in [9.17, 15) is 9.90 Å². The monoisotopic (exact) mass is 254 g/mol. The topological polar surface area (TPSA) is 72.3 Å². The van der Waals surface area contributed by atoms with Crippen LogP contribution in [0.3, 0.4) is 0 Å². The summed E-state index contributed by atoms with van der Waals surface area (Å²) in [4.78, 5) is 19.9. The van der Waals surface area contributed by atoms with Gasteiger partial charge in [0.15, 0.2) is 5.16 Å². The van der Waals surface area contributed by atoms with Crippen LogP contribution in [0.1, 0.15) is 18.5 Å². The number of aliphatic carboxylic acids is 1. The van der Waals surface area contributed by atoms with Crippen LogP contribution in [0.25, 0.3) is 0 Å². The summed E-state index contributed by atoms with van der Waals surface area (Å²) in [6.07, 6.45) is 4.42. The molecule has 1 N–H and O–H groups in total. The van der Waals surface area contributed by atoms with Crippen molar-refractivity contribution in [2.75, 3.05) is 19.5 Å². The highest BCUT2D eigenvalue weighted by atomic mass is 32.2. The summed E-state index contributed by atoms with van der Waals surface area (Å²) in [5.41, 5.74) is -0.321. The van der Waals surface area contributed by atoms with Gasteiger partial charge in [0.1, 0.15) is 5.41 Å². The molecule has 1 aliphatic rings. The van der Waals surface area contributed by atoms with Crippen LogP contribution in [0.15, 0.2) is 17.4 Å². The summed E-state index contributed by atoms with van der Waals surface area (Å²) in [5, 5.41) is 10.1. The zero-order chi connectivity index (χ0) is 12.3. The fourth-order valence-corrected chi connectivity index (χ4v) is 2.36. The van der Waals surface area contributed by atoms with Crippen LogP contribution >= 0.6 is 11.8 Å². The Kier molecular flexibility index (Phi) is 3.63. The molecule has 1 saturated heterocycles. The summed E-state index contributed by atoms with van der Waals surface area (Å²) in [7, 11) is 0. The highest BCUT2D eigenvalue weighted by Crippen LogP contribution is 2.34. The molecule has 1 aliphatic heterocycles. The predicted molar refractivity (Wildman–Crippen MR) is 63.2 cm³/mol. The molecule has 0 bridgehead atoms. The minimum absolute atomic E-state index is 0.463. The van der Waals surface area contributed by atoms with Crippen LogP contribution < -0.4 is 0 Å². The lowest BCUT2D eigenvalue weighted by atomic mass is 9.77. The molecule has 5 nitrogen and oxygen atoms in total. The van der Waals surface area contributed by atoms with Crippen LogP contribution in [0.4, 0.5) is 0 Å². The fraction of sp³-hybridized carbons (Fsp3) is 0.545. The molecule has 2 rings (SSSR count). The molecule has 1 aromatic rings. The molecule has 92 valence electrons. The van der Waals surface area contributed by atoms with Crippen LogP contribution in [-0.2, 0) is 14.9 Å². The molecule has 0 aromatic carbocycles. The standard InChI is InChI=1S/C11H14N2O3S/c1-17-10-12-5-2-8(13-10)11(9(14)15)3-6-16-7-4-11/h2,5H,3-4,6-7H2,1H3,(H,14,15). The predicted octanol–water partition coefficient (Wildman–Crippen LogP) is 1.33. The molecule has 0 radical (unpaired) electrons. The van der Waals surface area contributed by atoms with Gasteiger partial charge in [-0.3, -0.25) is 4.79 Å². The SMILES string of the molecule is CSc1nccc(C2(C(=O)O)CCOCC2)n1. The van der Waals surface area contributed by atoms with E-state index in [1.54, 1.807) is 12.3 Å². The van der Waals surface area contributed by atoms with Crippen molar-refractivity contribution in [1.82, 2.24) is 9.97 Å². The summed E-state index contributed by atoms with van der Waals surface area (Å²) < 4.78 is 5.24. The molecular weight excluding hydrogens is 240 g/mol. The molecule has 0 unspecified atom stereocenters. The molecule has 0 saturated carbocycles. The molecule has 2 heterocycles. The third-order valence-electron chi connectivity index (χ3n) is 3.06. The van der Waals surface area contributed by atoms with E-state index in [1.807, 2.05) is 6.26 Å². The Labute approximate surface area is 104 Å². The Morgan fingerprint density at radius 2 is 2.24 bits per heavy atom. The molecule has 17 heavy (non-hydrogen) atoms. The summed E-state index contributed by atoms with van der Waals surface area (Å²) in [6, 6.07) is 1.69. The van der Waals surface area contributed by atoms with Crippen molar-refractivity contribution in [2.45, 2.75) is 23.4 Å². The number of nitrogens with zero attached hydrogens (tertiary/aromatic N) is 2. The average molecular weight is 254 g/mol. The Morgan fingerprint density at radius 1 is 1.53 bits per heavy atom. The van der Waals surface area contributed by atoms with Crippen molar-refractivity contribution in [3.05, 3.63) is 18.0 Å². The van der Waals surface area contributed by atoms with Gasteiger partial charge in [-0.15, -0.1) is 0 Å². The van der Waals surface area contributed by atoms with E-state index in [0.717, 1.165) is 0 Å². The number of rotatable bonds is 3. The Morgan fingerprint density at radius 3 is 2.82 bits per heavy atom. The van der Waals surface area contributed by atoms with E-state index >= 15 is 0 Å². The molecule has 0 aliphatic carbocycles. The molecular formula is C11H14N2O3S. The van der Waals surface area contributed by atoms with Crippen molar-refractivity contribution in [3.8, 4) is 0 Å². The number of hydrogen-bond acceptors (Lipinski definition) is 5. The Bertz CT molecular complexity index is 419. The number of thioether (sulfide) groups is 1. The number of hydrogen-bond donors (Lipinski definition) is 1. The number of carboxylic acid groups (broad SMARTS) is 1. The quantitative estimate of drug-likeness (QED) is 0.648. The Balaban J connectivity index is 2.41. The van der Waals surface area contributed by atoms with E-state index < -0.39 is 11.4 Å². The zero-order valence-electron chi connectivity index (χ0n) is 9.55. The molecule has 6 heteroatoms. The van der Waals surface area contributed by atoms with Gasteiger partial charge in [-0.2, -0.15) is 0 Å². The largest absolute Gasteiger partial charge is 0.481 e. The maximum Gasteiger partial charge on any atom is 0.315 e. The van der Waals surface area contributed by atoms with Gasteiger partial charge in [-0.1, -0.05) is 11.8 Å². The third-order valence-corrected chi connectivity index (χ3v) is 3.62. The second-order valence-corrected chi connectivity index (χ2v) is 4.70. The highest BCUT2D eigenvalue weighted by molar-refractivity contribution is 7.98. The molecule has 1 fully saturated rings. The van der Waals surface area contributed by atoms with Gasteiger partial charge >= 0.3 is 5.97 Å². The number of ether oxygens (including phenoxy) is 1. The van der Waals surface area contributed by atoms with Gasteiger partial charge in [-0.05, 0) is 25.2 Å². The first-order valence-corrected chi connectivity index (χ1v) is 6.60. The maximum absolute atomic E-state index is 11.6. The fourth-order valence-electron chi connectivity index (χ4n) is 2.01. The summed E-state index contributed by atoms with van der Waals surface area (Å²) in [5.74, 6) is -0.827. The molecule has 0 amide bonds. The second-order valence-electron chi connectivity index (χ2n) is 3.93. The first kappa shape index (κ1) is 12.3. The van der Waals surface area contributed by atoms with Gasteiger partial charge in [0.25, 0.3) is 0 Å². The second kappa shape index (κ2) is 5.01. The van der Waals surface area contributed by atoms with Gasteiger partial charge < -0.3 is 9.84 Å². The summed E-state index contributed by atoms with van der Waals surface area (Å²) in [6.45, 7) is 0.926. The van der Waals surface area contributed by atoms with E-state index in [4.69, 9.17) is 4.74 Å². The highest BCUT2D eigenvalue weighted by Gasteiger charge is 2.43. The first-order valence-electron chi connectivity index (χ1n) is 5.38. The van der Waals surface area contributed by atoms with E-state index in [2.05, 4.69) is 9.97 Å². The van der Waals surface area contributed by atoms with E-state index in [0.29, 0.717) is 36.9 Å². The lowest BCUT2D eigenvalue weighted by Crippen LogP contribution is -2.42. The van der Waals surface area contributed by atoms with Gasteiger partial charge in [0.05, 0.1) is 5.69 Å². The number of carbonyl (C=O) groups is 1. The van der Waals surface area contributed by atoms with E-state index in [-0.39, 0.29) is 0 Å². The van der Waals surface area contributed by atoms with Gasteiger partial charge in [-0.25, -0.2) is 9.97 Å². The van der Waals surface area contributed by atoms with Crippen molar-refractivity contribution in [3.63, 3.8) is 0 Å². The first-order chi connectivity index (χ1) is 8.19. The van der Waals surface area contributed by atoms with Crippen LogP contribution in [0.2, 0.25) is 0 Å². The lowest BCUT2D eigenvalue weighted by Gasteiger charge is -2.32. The zero-order valence-corrected chi connectivity index (χ0v) is 10.4. The molecule has 1 aromatic heterocycles. The maximum atomic E-state index is 11.6. The number of carboxylic acids is 1. The van der Waals surface area contributed by atoms with Crippen molar-refractivity contribution < 1.29 is 14.6 Å². The van der Waals surface area contributed by atoms with E-state index in [1.165, 1.54) is 11.8 Å². The smallest absolute Gasteiger partial charge is 0.315 e. The van der Waals surface area contributed by atoms with Crippen molar-refractivity contribution >= 4 is 17.7 Å². The van der Waals surface area contributed by atoms with Crippen LogP contribution in [0.5, 0.6) is 0 Å². The van der Waals surface area contributed by atoms with Gasteiger partial charge in [0, 0.05) is 19.4 Å². The lowest BCUT2D eigenvalue weighted by molar-refractivity contribution is -0.148. The van der Waals surface area contributed by atoms with Crippen LogP contribution in [0, 0.1) is 0 Å².